The predicted molar refractivity (Wildman–Crippen MR) is 108 cm³/mol. The summed E-state index contributed by atoms with van der Waals surface area (Å²) in [6, 6.07) is 26.4. The molecular formula is C24H16F3NO. The molecule has 0 aliphatic rings. The normalized spacial score (nSPS) is 11.4. The van der Waals surface area contributed by atoms with E-state index in [0.717, 1.165) is 10.6 Å². The van der Waals surface area contributed by atoms with Crippen molar-refractivity contribution in [2.24, 2.45) is 0 Å². The molecule has 1 heterocycles. The van der Waals surface area contributed by atoms with Gasteiger partial charge in [0, 0.05) is 5.69 Å². The van der Waals surface area contributed by atoms with Crippen molar-refractivity contribution < 1.29 is 13.2 Å². The number of rotatable bonds is 3. The van der Waals surface area contributed by atoms with Gasteiger partial charge in [0.2, 0.25) is 0 Å². The minimum Gasteiger partial charge on any atom is -0.272 e. The number of para-hydroxylation sites is 1. The minimum absolute atomic E-state index is 0.168. The summed E-state index contributed by atoms with van der Waals surface area (Å²) in [4.78, 5) is 13.5. The van der Waals surface area contributed by atoms with Crippen molar-refractivity contribution >= 4 is 0 Å². The highest BCUT2D eigenvalue weighted by atomic mass is 19.4. The van der Waals surface area contributed by atoms with Gasteiger partial charge < -0.3 is 0 Å². The van der Waals surface area contributed by atoms with E-state index >= 15 is 0 Å². The molecule has 0 unspecified atom stereocenters. The Bertz CT molecular complexity index is 1180. The van der Waals surface area contributed by atoms with Crippen molar-refractivity contribution in [3.63, 3.8) is 0 Å². The van der Waals surface area contributed by atoms with Gasteiger partial charge in [-0.15, -0.1) is 0 Å². The molecule has 4 rings (SSSR count). The van der Waals surface area contributed by atoms with Crippen LogP contribution in [0.15, 0.2) is 102 Å². The van der Waals surface area contributed by atoms with E-state index in [1.165, 1.54) is 12.1 Å². The van der Waals surface area contributed by atoms with E-state index < -0.39 is 17.4 Å². The van der Waals surface area contributed by atoms with Crippen LogP contribution in [0, 0.1) is 0 Å². The molecule has 0 aliphatic heterocycles. The van der Waals surface area contributed by atoms with Crippen LogP contribution < -0.4 is 5.56 Å². The molecule has 5 heteroatoms. The second kappa shape index (κ2) is 7.43. The van der Waals surface area contributed by atoms with Gasteiger partial charge in [-0.05, 0) is 34.9 Å². The average Bonchev–Trinajstić information content (AvgIpc) is 2.74. The van der Waals surface area contributed by atoms with Gasteiger partial charge in [-0.2, -0.15) is 13.2 Å². The molecule has 0 N–H and O–H groups in total. The summed E-state index contributed by atoms with van der Waals surface area (Å²) >= 11 is 0. The zero-order valence-corrected chi connectivity index (χ0v) is 15.2. The lowest BCUT2D eigenvalue weighted by Crippen LogP contribution is -2.28. The predicted octanol–water partition coefficient (Wildman–Crippen LogP) is 6.19. The molecule has 3 aromatic carbocycles. The molecule has 2 nitrogen and oxygen atoms in total. The van der Waals surface area contributed by atoms with E-state index in [-0.39, 0.29) is 16.8 Å². The Hall–Kier alpha value is -3.60. The Morgan fingerprint density at radius 2 is 1.14 bits per heavy atom. The maximum absolute atomic E-state index is 14.0. The molecule has 0 saturated heterocycles. The Balaban J connectivity index is 2.15. The Kier molecular flexibility index (Phi) is 4.80. The second-order valence-corrected chi connectivity index (χ2v) is 6.52. The fourth-order valence-electron chi connectivity index (χ4n) is 3.38. The molecule has 4 aromatic rings. The molecule has 144 valence electrons. The van der Waals surface area contributed by atoms with E-state index in [9.17, 15) is 18.0 Å². The Morgan fingerprint density at radius 1 is 0.655 bits per heavy atom. The van der Waals surface area contributed by atoms with E-state index in [2.05, 4.69) is 0 Å². The summed E-state index contributed by atoms with van der Waals surface area (Å²) in [5.41, 5.74) is 0.0452. The zero-order valence-electron chi connectivity index (χ0n) is 15.2. The van der Waals surface area contributed by atoms with Gasteiger partial charge in [-0.1, -0.05) is 78.9 Å². The molecule has 0 fully saturated rings. The summed E-state index contributed by atoms with van der Waals surface area (Å²) in [7, 11) is 0. The first-order valence-corrected chi connectivity index (χ1v) is 9.00. The summed E-state index contributed by atoms with van der Waals surface area (Å²) in [5.74, 6) is 0. The van der Waals surface area contributed by atoms with Crippen molar-refractivity contribution in [3.8, 4) is 27.9 Å². The third-order valence-corrected chi connectivity index (χ3v) is 4.66. The fourth-order valence-corrected chi connectivity index (χ4v) is 3.38. The van der Waals surface area contributed by atoms with Gasteiger partial charge in [-0.3, -0.25) is 9.36 Å². The van der Waals surface area contributed by atoms with Gasteiger partial charge >= 0.3 is 6.18 Å². The molecule has 0 amide bonds. The Labute approximate surface area is 165 Å². The van der Waals surface area contributed by atoms with Gasteiger partial charge in [0.1, 0.15) is 5.69 Å². The molecule has 0 saturated carbocycles. The van der Waals surface area contributed by atoms with Crippen LogP contribution >= 0.6 is 0 Å². The first-order valence-electron chi connectivity index (χ1n) is 9.00. The fraction of sp³-hybridized carbons (Fsp3) is 0.0417. The number of pyridine rings is 1. The molecule has 0 aliphatic carbocycles. The second-order valence-electron chi connectivity index (χ2n) is 6.52. The van der Waals surface area contributed by atoms with Crippen LogP contribution in [0.2, 0.25) is 0 Å². The molecular weight excluding hydrogens is 375 g/mol. The number of hydrogen-bond acceptors (Lipinski definition) is 1. The van der Waals surface area contributed by atoms with Crippen LogP contribution in [0.25, 0.3) is 27.9 Å². The van der Waals surface area contributed by atoms with E-state index in [1.807, 2.05) is 0 Å². The number of aromatic nitrogens is 1. The molecule has 0 bridgehead atoms. The standard InChI is InChI=1S/C24H16F3NO/c25-24(26,27)21-16-20(17-10-4-1-5-11-17)22(18-12-6-2-7-13-18)23(29)28(21)19-14-8-3-9-15-19/h1-16H. The van der Waals surface area contributed by atoms with E-state index in [1.54, 1.807) is 78.9 Å². The van der Waals surface area contributed by atoms with Crippen molar-refractivity contribution in [2.45, 2.75) is 6.18 Å². The lowest BCUT2D eigenvalue weighted by molar-refractivity contribution is -0.142. The lowest BCUT2D eigenvalue weighted by Gasteiger charge is -2.20. The van der Waals surface area contributed by atoms with Crippen molar-refractivity contribution in [1.82, 2.24) is 4.57 Å². The SMILES string of the molecule is O=c1c(-c2ccccc2)c(-c2ccccc2)cc(C(F)(F)F)n1-c1ccccc1. The van der Waals surface area contributed by atoms with Crippen LogP contribution in [-0.4, -0.2) is 4.57 Å². The van der Waals surface area contributed by atoms with Gasteiger partial charge in [0.05, 0.1) is 5.56 Å². The smallest absolute Gasteiger partial charge is 0.272 e. The van der Waals surface area contributed by atoms with Gasteiger partial charge in [-0.25, -0.2) is 0 Å². The average molecular weight is 391 g/mol. The van der Waals surface area contributed by atoms with E-state index in [4.69, 9.17) is 0 Å². The minimum atomic E-state index is -4.70. The van der Waals surface area contributed by atoms with Gasteiger partial charge in [0.25, 0.3) is 5.56 Å². The first-order chi connectivity index (χ1) is 14.0. The molecule has 0 spiro atoms. The largest absolute Gasteiger partial charge is 0.431 e. The summed E-state index contributed by atoms with van der Waals surface area (Å²) < 4.78 is 42.7. The number of alkyl halides is 3. The first kappa shape index (κ1) is 18.7. The maximum Gasteiger partial charge on any atom is 0.431 e. The number of halogens is 3. The quantitative estimate of drug-likeness (QED) is 0.408. The lowest BCUT2D eigenvalue weighted by atomic mass is 9.94. The summed E-state index contributed by atoms with van der Waals surface area (Å²) in [6.45, 7) is 0. The Morgan fingerprint density at radius 3 is 1.66 bits per heavy atom. The number of hydrogen-bond donors (Lipinski definition) is 0. The number of benzene rings is 3. The van der Waals surface area contributed by atoms with E-state index in [0.29, 0.717) is 11.1 Å². The number of nitrogens with zero attached hydrogens (tertiary/aromatic N) is 1. The maximum atomic E-state index is 14.0. The van der Waals surface area contributed by atoms with Crippen LogP contribution in [-0.2, 0) is 6.18 Å². The summed E-state index contributed by atoms with van der Waals surface area (Å²) in [6.07, 6.45) is -4.70. The zero-order chi connectivity index (χ0) is 20.4. The topological polar surface area (TPSA) is 22.0 Å². The monoisotopic (exact) mass is 391 g/mol. The molecule has 0 atom stereocenters. The highest BCUT2D eigenvalue weighted by Crippen LogP contribution is 2.37. The third kappa shape index (κ3) is 3.59. The van der Waals surface area contributed by atoms with Crippen LogP contribution in [0.5, 0.6) is 0 Å². The molecule has 1 aromatic heterocycles. The van der Waals surface area contributed by atoms with Crippen LogP contribution in [0.3, 0.4) is 0 Å². The third-order valence-electron chi connectivity index (χ3n) is 4.66. The van der Waals surface area contributed by atoms with Crippen molar-refractivity contribution in [1.29, 1.82) is 0 Å². The molecule has 29 heavy (non-hydrogen) atoms. The van der Waals surface area contributed by atoms with Crippen molar-refractivity contribution in [3.05, 3.63) is 113 Å². The highest BCUT2D eigenvalue weighted by Gasteiger charge is 2.36. The van der Waals surface area contributed by atoms with Crippen LogP contribution in [0.1, 0.15) is 5.69 Å². The van der Waals surface area contributed by atoms with Crippen molar-refractivity contribution in [2.75, 3.05) is 0 Å². The van der Waals surface area contributed by atoms with Gasteiger partial charge in [0.15, 0.2) is 0 Å². The highest BCUT2D eigenvalue weighted by molar-refractivity contribution is 5.83. The summed E-state index contributed by atoms with van der Waals surface area (Å²) in [5, 5.41) is 0. The van der Waals surface area contributed by atoms with Crippen LogP contribution in [0.4, 0.5) is 13.2 Å². The molecule has 0 radical (unpaired) electrons.